The van der Waals surface area contributed by atoms with Crippen molar-refractivity contribution in [3.05, 3.63) is 35.9 Å². The highest BCUT2D eigenvalue weighted by atomic mass is 32.2. The summed E-state index contributed by atoms with van der Waals surface area (Å²) in [6.07, 6.45) is -1.15. The number of cyclic esters (lactones) is 1. The van der Waals surface area contributed by atoms with E-state index in [0.717, 1.165) is 0 Å². The van der Waals surface area contributed by atoms with Crippen molar-refractivity contribution in [1.82, 2.24) is 0 Å². The van der Waals surface area contributed by atoms with E-state index >= 15 is 0 Å². The summed E-state index contributed by atoms with van der Waals surface area (Å²) >= 11 is 1.26. The Kier molecular flexibility index (Phi) is 5.88. The molecule has 1 aromatic carbocycles. The summed E-state index contributed by atoms with van der Waals surface area (Å²) in [5, 5.41) is 0. The first kappa shape index (κ1) is 18.3. The van der Waals surface area contributed by atoms with Crippen molar-refractivity contribution >= 4 is 29.7 Å². The summed E-state index contributed by atoms with van der Waals surface area (Å²) in [5.41, 5.74) is -0.739. The number of esters is 3. The molecule has 1 heterocycles. The molecule has 2 rings (SSSR count). The number of thioether (sulfide) groups is 1. The van der Waals surface area contributed by atoms with Crippen molar-refractivity contribution in [2.45, 2.75) is 32.3 Å². The quantitative estimate of drug-likeness (QED) is 0.595. The SMILES string of the molecule is CC(C)(C)C(=O)O[C@H](C(=O)OC[C@@H]1OC(=O)CS1)c1ccccc1. The van der Waals surface area contributed by atoms with Gasteiger partial charge >= 0.3 is 17.9 Å². The number of carbonyl (C=O) groups excluding carboxylic acids is 3. The van der Waals surface area contributed by atoms with Crippen LogP contribution in [0.15, 0.2) is 30.3 Å². The highest BCUT2D eigenvalue weighted by Crippen LogP contribution is 2.26. The van der Waals surface area contributed by atoms with Crippen molar-refractivity contribution in [2.24, 2.45) is 5.41 Å². The summed E-state index contributed by atoms with van der Waals surface area (Å²) in [7, 11) is 0. The third-order valence-corrected chi connectivity index (χ3v) is 4.17. The standard InChI is InChI=1S/C17H20O6S/c1-17(2,3)16(20)23-14(11-7-5-4-6-8-11)15(19)21-9-13-22-12(18)10-24-13/h4-8,13-14H,9-10H2,1-3H3/t13-,14+/m1/s1. The van der Waals surface area contributed by atoms with Crippen LogP contribution in [0, 0.1) is 5.41 Å². The summed E-state index contributed by atoms with van der Waals surface area (Å²) in [6.45, 7) is 5.04. The maximum Gasteiger partial charge on any atom is 0.352 e. The topological polar surface area (TPSA) is 78.9 Å². The molecule has 1 aromatic rings. The molecule has 0 radical (unpaired) electrons. The maximum atomic E-state index is 12.4. The third kappa shape index (κ3) is 4.99. The molecule has 0 saturated carbocycles. The van der Waals surface area contributed by atoms with Gasteiger partial charge in [0.05, 0.1) is 11.2 Å². The van der Waals surface area contributed by atoms with E-state index in [0.29, 0.717) is 5.56 Å². The monoisotopic (exact) mass is 352 g/mol. The van der Waals surface area contributed by atoms with Gasteiger partial charge in [-0.25, -0.2) is 4.79 Å². The summed E-state index contributed by atoms with van der Waals surface area (Å²) < 4.78 is 15.5. The van der Waals surface area contributed by atoms with E-state index in [-0.39, 0.29) is 18.3 Å². The molecule has 24 heavy (non-hydrogen) atoms. The third-order valence-electron chi connectivity index (χ3n) is 3.17. The number of benzene rings is 1. The van der Waals surface area contributed by atoms with Crippen LogP contribution in [-0.4, -0.2) is 35.7 Å². The molecule has 6 nitrogen and oxygen atoms in total. The Labute approximate surface area is 144 Å². The van der Waals surface area contributed by atoms with E-state index in [2.05, 4.69) is 0 Å². The first-order valence-electron chi connectivity index (χ1n) is 7.51. The van der Waals surface area contributed by atoms with Crippen LogP contribution in [0.3, 0.4) is 0 Å². The number of hydrogen-bond donors (Lipinski definition) is 0. The van der Waals surface area contributed by atoms with Gasteiger partial charge in [0, 0.05) is 5.56 Å². The molecule has 1 aliphatic rings. The lowest BCUT2D eigenvalue weighted by Gasteiger charge is -2.23. The van der Waals surface area contributed by atoms with Gasteiger partial charge in [0.2, 0.25) is 6.10 Å². The lowest BCUT2D eigenvalue weighted by molar-refractivity contribution is -0.175. The van der Waals surface area contributed by atoms with Gasteiger partial charge in [-0.2, -0.15) is 0 Å². The van der Waals surface area contributed by atoms with Crippen LogP contribution >= 0.6 is 11.8 Å². The fourth-order valence-electron chi connectivity index (χ4n) is 1.85. The minimum Gasteiger partial charge on any atom is -0.458 e. The van der Waals surface area contributed by atoms with E-state index in [1.807, 2.05) is 0 Å². The molecule has 1 aliphatic heterocycles. The van der Waals surface area contributed by atoms with Crippen molar-refractivity contribution in [2.75, 3.05) is 12.4 Å². The van der Waals surface area contributed by atoms with E-state index in [1.54, 1.807) is 51.1 Å². The van der Waals surface area contributed by atoms with E-state index < -0.39 is 28.9 Å². The van der Waals surface area contributed by atoms with Crippen LogP contribution in [-0.2, 0) is 28.6 Å². The van der Waals surface area contributed by atoms with Crippen LogP contribution in [0.4, 0.5) is 0 Å². The number of hydrogen-bond acceptors (Lipinski definition) is 7. The maximum absolute atomic E-state index is 12.4. The molecular formula is C17H20O6S. The zero-order valence-corrected chi connectivity index (χ0v) is 14.6. The second kappa shape index (κ2) is 7.70. The van der Waals surface area contributed by atoms with Gasteiger partial charge in [-0.15, -0.1) is 11.8 Å². The molecule has 1 saturated heterocycles. The molecule has 0 N–H and O–H groups in total. The minimum atomic E-state index is -1.15. The molecule has 1 fully saturated rings. The van der Waals surface area contributed by atoms with E-state index in [1.165, 1.54) is 11.8 Å². The Hall–Kier alpha value is -2.02. The van der Waals surface area contributed by atoms with Gasteiger partial charge in [-0.05, 0) is 20.8 Å². The largest absolute Gasteiger partial charge is 0.458 e. The molecule has 0 bridgehead atoms. The normalized spacial score (nSPS) is 18.6. The summed E-state index contributed by atoms with van der Waals surface area (Å²) in [5.74, 6) is -1.29. The minimum absolute atomic E-state index is 0.0777. The predicted molar refractivity (Wildman–Crippen MR) is 88.0 cm³/mol. The van der Waals surface area contributed by atoms with Crippen LogP contribution in [0.2, 0.25) is 0 Å². The second-order valence-corrected chi connectivity index (χ2v) is 7.45. The summed E-state index contributed by atoms with van der Waals surface area (Å²) in [4.78, 5) is 35.6. The highest BCUT2D eigenvalue weighted by molar-refractivity contribution is 8.00. The number of ether oxygens (including phenoxy) is 3. The number of rotatable bonds is 5. The van der Waals surface area contributed by atoms with Crippen molar-refractivity contribution in [3.8, 4) is 0 Å². The molecule has 0 aliphatic carbocycles. The van der Waals surface area contributed by atoms with Gasteiger partial charge in [0.15, 0.2) is 5.44 Å². The smallest absolute Gasteiger partial charge is 0.352 e. The molecule has 7 heteroatoms. The zero-order chi connectivity index (χ0) is 17.7. The first-order valence-corrected chi connectivity index (χ1v) is 8.56. The average molecular weight is 352 g/mol. The first-order chi connectivity index (χ1) is 11.3. The average Bonchev–Trinajstić information content (AvgIpc) is 2.95. The molecule has 0 spiro atoms. The molecule has 0 aromatic heterocycles. The van der Waals surface area contributed by atoms with Gasteiger partial charge in [-0.3, -0.25) is 9.59 Å². The Morgan fingerprint density at radius 3 is 2.50 bits per heavy atom. The Bertz CT molecular complexity index is 607. The second-order valence-electron chi connectivity index (χ2n) is 6.31. The Morgan fingerprint density at radius 2 is 1.96 bits per heavy atom. The van der Waals surface area contributed by atoms with Crippen LogP contribution in [0.1, 0.15) is 32.4 Å². The van der Waals surface area contributed by atoms with Gasteiger partial charge in [0.1, 0.15) is 6.61 Å². The molecule has 2 atom stereocenters. The van der Waals surface area contributed by atoms with Gasteiger partial charge in [0.25, 0.3) is 0 Å². The molecule has 130 valence electrons. The predicted octanol–water partition coefficient (Wildman–Crippen LogP) is 2.48. The van der Waals surface area contributed by atoms with Crippen LogP contribution < -0.4 is 0 Å². The fraction of sp³-hybridized carbons (Fsp3) is 0.471. The van der Waals surface area contributed by atoms with E-state index in [9.17, 15) is 14.4 Å². The highest BCUT2D eigenvalue weighted by Gasteiger charge is 2.33. The van der Waals surface area contributed by atoms with Crippen molar-refractivity contribution < 1.29 is 28.6 Å². The van der Waals surface area contributed by atoms with Crippen LogP contribution in [0.25, 0.3) is 0 Å². The lowest BCUT2D eigenvalue weighted by atomic mass is 9.97. The van der Waals surface area contributed by atoms with Gasteiger partial charge in [-0.1, -0.05) is 30.3 Å². The van der Waals surface area contributed by atoms with E-state index in [4.69, 9.17) is 14.2 Å². The zero-order valence-electron chi connectivity index (χ0n) is 13.8. The fourth-order valence-corrected chi connectivity index (χ4v) is 2.58. The van der Waals surface area contributed by atoms with Gasteiger partial charge < -0.3 is 14.2 Å². The Morgan fingerprint density at radius 1 is 1.29 bits per heavy atom. The lowest BCUT2D eigenvalue weighted by Crippen LogP contribution is -2.30. The molecule has 0 unspecified atom stereocenters. The molecular weight excluding hydrogens is 332 g/mol. The van der Waals surface area contributed by atoms with Crippen molar-refractivity contribution in [1.29, 1.82) is 0 Å². The van der Waals surface area contributed by atoms with Crippen LogP contribution in [0.5, 0.6) is 0 Å². The summed E-state index contributed by atoms with van der Waals surface area (Å²) in [6, 6.07) is 8.66. The molecule has 0 amide bonds. The number of carbonyl (C=O) groups is 3. The van der Waals surface area contributed by atoms with Crippen molar-refractivity contribution in [3.63, 3.8) is 0 Å². The Balaban J connectivity index is 2.05.